The predicted octanol–water partition coefficient (Wildman–Crippen LogP) is 3.76. The maximum absolute atomic E-state index is 11.4. The number of rotatable bonds is 2. The molecular formula is C16H12ClNO2. The van der Waals surface area contributed by atoms with Crippen molar-refractivity contribution in [1.29, 1.82) is 0 Å². The van der Waals surface area contributed by atoms with Gasteiger partial charge in [0, 0.05) is 10.8 Å². The third-order valence-electron chi connectivity index (χ3n) is 3.26. The highest BCUT2D eigenvalue weighted by Crippen LogP contribution is 2.29. The standard InChI is InChI=1S/C16H12ClNO2/c1-20-15(19)9-11-8-14(17)13-7-6-10-4-2-3-5-12(10)16(13)18-11/h2-8H,9H2,1H3. The Morgan fingerprint density at radius 3 is 2.80 bits per heavy atom. The lowest BCUT2D eigenvalue weighted by Gasteiger charge is -2.07. The highest BCUT2D eigenvalue weighted by molar-refractivity contribution is 6.36. The molecule has 2 aromatic carbocycles. The van der Waals surface area contributed by atoms with E-state index in [1.165, 1.54) is 7.11 Å². The number of pyridine rings is 1. The summed E-state index contributed by atoms with van der Waals surface area (Å²) in [6.45, 7) is 0. The first kappa shape index (κ1) is 12.9. The lowest BCUT2D eigenvalue weighted by Crippen LogP contribution is -2.06. The number of esters is 1. The molecule has 0 spiro atoms. The molecule has 0 saturated heterocycles. The molecule has 1 heterocycles. The summed E-state index contributed by atoms with van der Waals surface area (Å²) in [6, 6.07) is 13.7. The third kappa shape index (κ3) is 2.21. The van der Waals surface area contributed by atoms with E-state index in [-0.39, 0.29) is 12.4 Å². The third-order valence-corrected chi connectivity index (χ3v) is 3.57. The van der Waals surface area contributed by atoms with Gasteiger partial charge in [0.05, 0.1) is 29.8 Å². The molecule has 0 fully saturated rings. The van der Waals surface area contributed by atoms with Crippen LogP contribution in [0.5, 0.6) is 0 Å². The van der Waals surface area contributed by atoms with Crippen LogP contribution in [0.25, 0.3) is 21.7 Å². The maximum atomic E-state index is 11.4. The molecule has 0 atom stereocenters. The van der Waals surface area contributed by atoms with Crippen LogP contribution in [0.1, 0.15) is 5.69 Å². The number of methoxy groups -OCH3 is 1. The van der Waals surface area contributed by atoms with Crippen molar-refractivity contribution >= 4 is 39.2 Å². The fraction of sp³-hybridized carbons (Fsp3) is 0.125. The van der Waals surface area contributed by atoms with Gasteiger partial charge < -0.3 is 4.74 Å². The first-order chi connectivity index (χ1) is 9.69. The Bertz CT molecular complexity index is 814. The summed E-state index contributed by atoms with van der Waals surface area (Å²) >= 11 is 6.30. The van der Waals surface area contributed by atoms with Crippen molar-refractivity contribution in [2.75, 3.05) is 7.11 Å². The number of nitrogens with zero attached hydrogens (tertiary/aromatic N) is 1. The molecular weight excluding hydrogens is 274 g/mol. The van der Waals surface area contributed by atoms with E-state index in [1.54, 1.807) is 6.07 Å². The Balaban J connectivity index is 2.27. The zero-order valence-electron chi connectivity index (χ0n) is 10.9. The van der Waals surface area contributed by atoms with Crippen LogP contribution in [0.2, 0.25) is 5.02 Å². The minimum absolute atomic E-state index is 0.120. The number of hydrogen-bond acceptors (Lipinski definition) is 3. The normalized spacial score (nSPS) is 10.9. The molecule has 3 aromatic rings. The van der Waals surface area contributed by atoms with Gasteiger partial charge >= 0.3 is 5.97 Å². The highest BCUT2D eigenvalue weighted by Gasteiger charge is 2.10. The average Bonchev–Trinajstić information content (AvgIpc) is 2.47. The number of fused-ring (bicyclic) bond motifs is 3. The molecule has 0 bridgehead atoms. The van der Waals surface area contributed by atoms with E-state index in [1.807, 2.05) is 36.4 Å². The van der Waals surface area contributed by atoms with Gasteiger partial charge in [-0.3, -0.25) is 9.78 Å². The quantitative estimate of drug-likeness (QED) is 0.532. The van der Waals surface area contributed by atoms with E-state index in [9.17, 15) is 4.79 Å². The van der Waals surface area contributed by atoms with Crippen molar-refractivity contribution < 1.29 is 9.53 Å². The van der Waals surface area contributed by atoms with E-state index >= 15 is 0 Å². The Hall–Kier alpha value is -2.13. The number of halogens is 1. The second kappa shape index (κ2) is 5.10. The molecule has 20 heavy (non-hydrogen) atoms. The molecule has 3 rings (SSSR count). The van der Waals surface area contributed by atoms with Gasteiger partial charge in [-0.15, -0.1) is 0 Å². The summed E-state index contributed by atoms with van der Waals surface area (Å²) < 4.78 is 4.67. The molecule has 0 amide bonds. The molecule has 0 N–H and O–H groups in total. The van der Waals surface area contributed by atoms with Gasteiger partial charge in [-0.1, -0.05) is 48.0 Å². The lowest BCUT2D eigenvalue weighted by atomic mass is 10.1. The summed E-state index contributed by atoms with van der Waals surface area (Å²) in [5.74, 6) is -0.326. The Morgan fingerprint density at radius 2 is 2.00 bits per heavy atom. The Labute approximate surface area is 121 Å². The van der Waals surface area contributed by atoms with Crippen LogP contribution in [-0.2, 0) is 16.0 Å². The summed E-state index contributed by atoms with van der Waals surface area (Å²) in [5.41, 5.74) is 1.43. The minimum atomic E-state index is -0.326. The van der Waals surface area contributed by atoms with Crippen molar-refractivity contribution in [3.63, 3.8) is 0 Å². The van der Waals surface area contributed by atoms with Crippen LogP contribution in [0, 0.1) is 0 Å². The number of carbonyl (C=O) groups is 1. The fourth-order valence-electron chi connectivity index (χ4n) is 2.28. The summed E-state index contributed by atoms with van der Waals surface area (Å²) in [4.78, 5) is 16.0. The molecule has 100 valence electrons. The molecule has 1 aromatic heterocycles. The smallest absolute Gasteiger partial charge is 0.311 e. The van der Waals surface area contributed by atoms with E-state index < -0.39 is 0 Å². The molecule has 0 saturated carbocycles. The van der Waals surface area contributed by atoms with Gasteiger partial charge in [-0.25, -0.2) is 0 Å². The number of benzene rings is 2. The van der Waals surface area contributed by atoms with Crippen LogP contribution in [0.3, 0.4) is 0 Å². The Kier molecular flexibility index (Phi) is 3.28. The van der Waals surface area contributed by atoms with E-state index in [2.05, 4.69) is 9.72 Å². The monoisotopic (exact) mass is 285 g/mol. The van der Waals surface area contributed by atoms with Crippen molar-refractivity contribution in [2.24, 2.45) is 0 Å². The minimum Gasteiger partial charge on any atom is -0.469 e. The number of carbonyl (C=O) groups excluding carboxylic acids is 1. The first-order valence-electron chi connectivity index (χ1n) is 6.23. The van der Waals surface area contributed by atoms with E-state index in [4.69, 9.17) is 11.6 Å². The molecule has 0 aliphatic heterocycles. The van der Waals surface area contributed by atoms with Gasteiger partial charge in [0.2, 0.25) is 0 Å². The van der Waals surface area contributed by atoms with Gasteiger partial charge in [0.25, 0.3) is 0 Å². The molecule has 4 heteroatoms. The molecule has 0 unspecified atom stereocenters. The highest BCUT2D eigenvalue weighted by atomic mass is 35.5. The summed E-state index contributed by atoms with van der Waals surface area (Å²) in [5, 5.41) is 3.61. The van der Waals surface area contributed by atoms with E-state index in [0.717, 1.165) is 21.7 Å². The lowest BCUT2D eigenvalue weighted by molar-refractivity contribution is -0.139. The van der Waals surface area contributed by atoms with Gasteiger partial charge in [-0.05, 0) is 11.5 Å². The van der Waals surface area contributed by atoms with Gasteiger partial charge in [0.1, 0.15) is 0 Å². The van der Waals surface area contributed by atoms with Crippen LogP contribution < -0.4 is 0 Å². The van der Waals surface area contributed by atoms with Crippen molar-refractivity contribution in [2.45, 2.75) is 6.42 Å². The summed E-state index contributed by atoms with van der Waals surface area (Å²) in [6.07, 6.45) is 0.120. The Morgan fingerprint density at radius 1 is 1.20 bits per heavy atom. The predicted molar refractivity (Wildman–Crippen MR) is 80.0 cm³/mol. The molecule has 0 aliphatic rings. The number of hydrogen-bond donors (Lipinski definition) is 0. The largest absolute Gasteiger partial charge is 0.469 e. The number of aromatic nitrogens is 1. The van der Waals surface area contributed by atoms with E-state index in [0.29, 0.717) is 10.7 Å². The zero-order chi connectivity index (χ0) is 14.1. The topological polar surface area (TPSA) is 39.2 Å². The second-order valence-corrected chi connectivity index (χ2v) is 4.94. The molecule has 0 radical (unpaired) electrons. The second-order valence-electron chi connectivity index (χ2n) is 4.53. The first-order valence-corrected chi connectivity index (χ1v) is 6.60. The maximum Gasteiger partial charge on any atom is 0.311 e. The number of ether oxygens (including phenoxy) is 1. The molecule has 0 aliphatic carbocycles. The SMILES string of the molecule is COC(=O)Cc1cc(Cl)c2ccc3ccccc3c2n1. The van der Waals surface area contributed by atoms with Crippen molar-refractivity contribution in [3.05, 3.63) is 53.2 Å². The van der Waals surface area contributed by atoms with Gasteiger partial charge in [0.15, 0.2) is 0 Å². The molecule has 3 nitrogen and oxygen atoms in total. The average molecular weight is 286 g/mol. The van der Waals surface area contributed by atoms with Crippen LogP contribution in [0.4, 0.5) is 0 Å². The zero-order valence-corrected chi connectivity index (χ0v) is 11.6. The van der Waals surface area contributed by atoms with Crippen LogP contribution in [0.15, 0.2) is 42.5 Å². The van der Waals surface area contributed by atoms with Gasteiger partial charge in [-0.2, -0.15) is 0 Å². The van der Waals surface area contributed by atoms with Crippen molar-refractivity contribution in [3.8, 4) is 0 Å². The van der Waals surface area contributed by atoms with Crippen LogP contribution >= 0.6 is 11.6 Å². The fourth-order valence-corrected chi connectivity index (χ4v) is 2.56. The van der Waals surface area contributed by atoms with Crippen molar-refractivity contribution in [1.82, 2.24) is 4.98 Å². The summed E-state index contributed by atoms with van der Waals surface area (Å²) in [7, 11) is 1.36. The van der Waals surface area contributed by atoms with Crippen LogP contribution in [-0.4, -0.2) is 18.1 Å².